The molecule has 1 fully saturated rings. The predicted molar refractivity (Wildman–Crippen MR) is 121 cm³/mol. The first-order valence-corrected chi connectivity index (χ1v) is 9.72. The molecule has 0 aromatic carbocycles. The van der Waals surface area contributed by atoms with Crippen molar-refractivity contribution >= 4 is 35.6 Å². The van der Waals surface area contributed by atoms with Gasteiger partial charge in [0.05, 0.1) is 0 Å². The molecule has 27 heavy (non-hydrogen) atoms. The molecule has 0 amide bonds. The van der Waals surface area contributed by atoms with Crippen LogP contribution >= 0.6 is 24.0 Å². The lowest BCUT2D eigenvalue weighted by molar-refractivity contribution is 0.141. The van der Waals surface area contributed by atoms with E-state index in [-0.39, 0.29) is 24.0 Å². The summed E-state index contributed by atoms with van der Waals surface area (Å²) in [5.41, 5.74) is 0.853. The Balaban J connectivity index is 0.00000261. The van der Waals surface area contributed by atoms with Crippen LogP contribution in [-0.2, 0) is 6.54 Å². The summed E-state index contributed by atoms with van der Waals surface area (Å²) in [6.45, 7) is 11.3. The number of halogens is 1. The molecular weight excluding hydrogens is 453 g/mol. The number of aromatic nitrogens is 3. The van der Waals surface area contributed by atoms with Gasteiger partial charge in [0.15, 0.2) is 17.4 Å². The van der Waals surface area contributed by atoms with Gasteiger partial charge in [-0.25, -0.2) is 4.99 Å². The van der Waals surface area contributed by atoms with Gasteiger partial charge in [-0.15, -0.1) is 34.2 Å². The van der Waals surface area contributed by atoms with Gasteiger partial charge >= 0.3 is 0 Å². The average Bonchev–Trinajstić information content (AvgIpc) is 3.07. The van der Waals surface area contributed by atoms with E-state index in [0.717, 1.165) is 30.5 Å². The molecule has 1 aliphatic heterocycles. The summed E-state index contributed by atoms with van der Waals surface area (Å²) >= 11 is 0. The number of nitrogens with zero attached hydrogens (tertiary/aromatic N) is 5. The zero-order chi connectivity index (χ0) is 18.4. The molecule has 0 aliphatic carbocycles. The molecule has 0 bridgehead atoms. The maximum atomic E-state index is 4.70. The van der Waals surface area contributed by atoms with E-state index >= 15 is 0 Å². The zero-order valence-corrected chi connectivity index (χ0v) is 18.9. The van der Waals surface area contributed by atoms with E-state index in [0.29, 0.717) is 18.5 Å². The highest BCUT2D eigenvalue weighted by atomic mass is 127. The molecule has 2 aromatic heterocycles. The minimum absolute atomic E-state index is 0. The van der Waals surface area contributed by atoms with Crippen LogP contribution in [0.15, 0.2) is 29.4 Å². The smallest absolute Gasteiger partial charge is 0.191 e. The Kier molecular flexibility index (Phi) is 8.75. The van der Waals surface area contributed by atoms with Crippen molar-refractivity contribution in [3.63, 3.8) is 0 Å². The molecule has 1 aliphatic rings. The van der Waals surface area contributed by atoms with Crippen LogP contribution in [0.5, 0.6) is 0 Å². The number of guanidine groups is 1. The van der Waals surface area contributed by atoms with Crippen molar-refractivity contribution in [2.45, 2.75) is 46.2 Å². The highest BCUT2D eigenvalue weighted by Gasteiger charge is 2.21. The third-order valence-electron chi connectivity index (χ3n) is 4.95. The number of piperidine rings is 1. The molecular formula is C19H32IN7. The molecule has 8 heteroatoms. The number of fused-ring (bicyclic) bond motifs is 1. The fourth-order valence-electron chi connectivity index (χ4n) is 3.46. The maximum Gasteiger partial charge on any atom is 0.191 e. The first-order valence-electron chi connectivity index (χ1n) is 9.72. The number of hydrogen-bond donors (Lipinski definition) is 2. The van der Waals surface area contributed by atoms with Gasteiger partial charge < -0.3 is 15.5 Å². The largest absolute Gasteiger partial charge is 0.357 e. The molecule has 7 nitrogen and oxygen atoms in total. The van der Waals surface area contributed by atoms with Crippen LogP contribution < -0.4 is 10.6 Å². The Morgan fingerprint density at radius 2 is 2.15 bits per heavy atom. The van der Waals surface area contributed by atoms with Crippen LogP contribution in [0.4, 0.5) is 0 Å². The maximum absolute atomic E-state index is 4.70. The summed E-state index contributed by atoms with van der Waals surface area (Å²) < 4.78 is 1.98. The van der Waals surface area contributed by atoms with Gasteiger partial charge in [0.25, 0.3) is 0 Å². The van der Waals surface area contributed by atoms with Gasteiger partial charge in [-0.2, -0.15) is 0 Å². The minimum Gasteiger partial charge on any atom is -0.357 e. The summed E-state index contributed by atoms with van der Waals surface area (Å²) in [6.07, 6.45) is 4.54. The third-order valence-corrected chi connectivity index (χ3v) is 4.95. The fraction of sp³-hybridized carbons (Fsp3) is 0.632. The normalized spacial score (nSPS) is 18.5. The summed E-state index contributed by atoms with van der Waals surface area (Å²) in [4.78, 5) is 7.27. The molecule has 1 unspecified atom stereocenters. The lowest BCUT2D eigenvalue weighted by Crippen LogP contribution is -2.46. The first kappa shape index (κ1) is 21.9. The van der Waals surface area contributed by atoms with Crippen LogP contribution in [0, 0.1) is 5.92 Å². The monoisotopic (exact) mass is 485 g/mol. The molecule has 3 rings (SSSR count). The van der Waals surface area contributed by atoms with Crippen LogP contribution in [0.25, 0.3) is 5.65 Å². The van der Waals surface area contributed by atoms with Crippen LogP contribution in [0.3, 0.4) is 0 Å². The minimum atomic E-state index is 0. The molecule has 1 atom stereocenters. The Hall–Kier alpha value is -1.42. The Bertz CT molecular complexity index is 728. The Labute approximate surface area is 179 Å². The zero-order valence-electron chi connectivity index (χ0n) is 16.6. The van der Waals surface area contributed by atoms with E-state index in [4.69, 9.17) is 4.99 Å². The number of aliphatic imine (C=N–C) groups is 1. The number of rotatable bonds is 6. The third kappa shape index (κ3) is 6.03. The lowest BCUT2D eigenvalue weighted by atomic mass is 9.97. The molecule has 1 saturated heterocycles. The van der Waals surface area contributed by atoms with Gasteiger partial charge in [-0.1, -0.05) is 6.07 Å². The number of likely N-dealkylation sites (tertiary alicyclic amines) is 1. The van der Waals surface area contributed by atoms with E-state index < -0.39 is 0 Å². The van der Waals surface area contributed by atoms with Crippen molar-refractivity contribution in [2.24, 2.45) is 10.9 Å². The van der Waals surface area contributed by atoms with Gasteiger partial charge in [0.1, 0.15) is 6.54 Å². The Morgan fingerprint density at radius 3 is 2.93 bits per heavy atom. The second-order valence-electron chi connectivity index (χ2n) is 7.22. The quantitative estimate of drug-likeness (QED) is 0.374. The van der Waals surface area contributed by atoms with Crippen molar-refractivity contribution in [1.82, 2.24) is 30.1 Å². The molecule has 2 aromatic rings. The van der Waals surface area contributed by atoms with E-state index in [1.165, 1.54) is 25.9 Å². The van der Waals surface area contributed by atoms with E-state index in [2.05, 4.69) is 46.5 Å². The van der Waals surface area contributed by atoms with Gasteiger partial charge in [-0.05, 0) is 58.2 Å². The van der Waals surface area contributed by atoms with Gasteiger partial charge in [0, 0.05) is 31.9 Å². The van der Waals surface area contributed by atoms with Crippen molar-refractivity contribution < 1.29 is 0 Å². The molecule has 150 valence electrons. The summed E-state index contributed by atoms with van der Waals surface area (Å²) in [5, 5.41) is 15.3. The van der Waals surface area contributed by atoms with Crippen LogP contribution in [-0.4, -0.2) is 57.7 Å². The second-order valence-corrected chi connectivity index (χ2v) is 7.22. The topological polar surface area (TPSA) is 69.8 Å². The Morgan fingerprint density at radius 1 is 1.30 bits per heavy atom. The van der Waals surface area contributed by atoms with Crippen molar-refractivity contribution in [3.05, 3.63) is 30.2 Å². The molecule has 0 spiro atoms. The fourth-order valence-corrected chi connectivity index (χ4v) is 3.46. The van der Waals surface area contributed by atoms with Crippen molar-refractivity contribution in [1.29, 1.82) is 0 Å². The summed E-state index contributed by atoms with van der Waals surface area (Å²) in [6, 6.07) is 6.53. The lowest BCUT2D eigenvalue weighted by Gasteiger charge is -2.35. The molecule has 3 heterocycles. The van der Waals surface area contributed by atoms with Crippen LogP contribution in [0.1, 0.15) is 39.4 Å². The van der Waals surface area contributed by atoms with Gasteiger partial charge in [-0.3, -0.25) is 4.40 Å². The second kappa shape index (κ2) is 10.8. The molecule has 2 N–H and O–H groups in total. The number of hydrogen-bond acceptors (Lipinski definition) is 4. The number of pyridine rings is 1. The average molecular weight is 485 g/mol. The van der Waals surface area contributed by atoms with E-state index in [1.54, 1.807) is 0 Å². The molecule has 0 saturated carbocycles. The highest BCUT2D eigenvalue weighted by molar-refractivity contribution is 14.0. The standard InChI is InChI=1S/C19H31N7.HI/c1-4-20-19(21-12-16-8-7-10-25(14-16)15(2)3)22-13-18-24-23-17-9-5-6-11-26(17)18;/h5-6,9,11,15-16H,4,7-8,10,12-14H2,1-3H3,(H2,20,21,22);1H. The SMILES string of the molecule is CCNC(=NCc1nnc2ccccn12)NCC1CCCN(C(C)C)C1.I. The van der Waals surface area contributed by atoms with Crippen molar-refractivity contribution in [2.75, 3.05) is 26.2 Å². The number of nitrogens with one attached hydrogen (secondary N) is 2. The van der Waals surface area contributed by atoms with E-state index in [1.807, 2.05) is 28.8 Å². The first-order chi connectivity index (χ1) is 12.7. The predicted octanol–water partition coefficient (Wildman–Crippen LogP) is 2.52. The van der Waals surface area contributed by atoms with Gasteiger partial charge in [0.2, 0.25) is 0 Å². The van der Waals surface area contributed by atoms with Crippen LogP contribution in [0.2, 0.25) is 0 Å². The summed E-state index contributed by atoms with van der Waals surface area (Å²) in [5.74, 6) is 2.37. The summed E-state index contributed by atoms with van der Waals surface area (Å²) in [7, 11) is 0. The van der Waals surface area contributed by atoms with E-state index in [9.17, 15) is 0 Å². The molecule has 0 radical (unpaired) electrons. The highest BCUT2D eigenvalue weighted by Crippen LogP contribution is 2.17. The van der Waals surface area contributed by atoms with Crippen molar-refractivity contribution in [3.8, 4) is 0 Å².